The maximum atomic E-state index is 12.7. The molecule has 2 heterocycles. The highest BCUT2D eigenvalue weighted by atomic mass is 32.2. The molecular weight excluding hydrogens is 382 g/mol. The first-order valence-electron chi connectivity index (χ1n) is 10.1. The maximum absolute atomic E-state index is 12.7. The number of benzene rings is 2. The van der Waals surface area contributed by atoms with Crippen LogP contribution in [-0.4, -0.2) is 34.1 Å². The molecule has 2 aromatic carbocycles. The van der Waals surface area contributed by atoms with Crippen molar-refractivity contribution < 1.29 is 9.53 Å². The van der Waals surface area contributed by atoms with Crippen LogP contribution < -0.4 is 10.1 Å². The normalized spacial score (nSPS) is 13.9. The minimum atomic E-state index is -0.0826. The van der Waals surface area contributed by atoms with Gasteiger partial charge in [-0.15, -0.1) is 0 Å². The lowest BCUT2D eigenvalue weighted by Crippen LogP contribution is -2.31. The minimum Gasteiger partial charge on any atom is -0.493 e. The van der Waals surface area contributed by atoms with Gasteiger partial charge in [-0.3, -0.25) is 4.79 Å². The third-order valence-electron chi connectivity index (χ3n) is 5.47. The number of nitrogens with zero attached hydrogens (tertiary/aromatic N) is 2. The molecule has 4 rings (SSSR count). The van der Waals surface area contributed by atoms with Crippen molar-refractivity contribution in [1.29, 1.82) is 0 Å². The number of para-hydroxylation sites is 2. The van der Waals surface area contributed by atoms with E-state index in [0.29, 0.717) is 6.42 Å². The zero-order valence-electron chi connectivity index (χ0n) is 17.0. The summed E-state index contributed by atoms with van der Waals surface area (Å²) in [6, 6.07) is 14.3. The molecule has 0 unspecified atom stereocenters. The maximum Gasteiger partial charge on any atom is 0.220 e. The van der Waals surface area contributed by atoms with Gasteiger partial charge in [-0.1, -0.05) is 24.3 Å². The van der Waals surface area contributed by atoms with E-state index >= 15 is 0 Å². The van der Waals surface area contributed by atoms with Crippen LogP contribution in [0.5, 0.6) is 5.75 Å². The van der Waals surface area contributed by atoms with Crippen molar-refractivity contribution in [3.63, 3.8) is 0 Å². The number of aromatic nitrogens is 2. The molecule has 0 bridgehead atoms. The van der Waals surface area contributed by atoms with E-state index < -0.39 is 0 Å². The SMILES string of the molecule is CSCC[C@H](NC(=O)CCc1ccc2c(c1)CCO2)c1nc2ccccc2n1C. The molecule has 152 valence electrons. The standard InChI is InChI=1S/C23H27N3O2S/c1-26-20-6-4-3-5-18(20)25-23(26)19(12-14-29-2)24-22(27)10-8-16-7-9-21-17(15-16)11-13-28-21/h3-7,9,15,19H,8,10-14H2,1-2H3,(H,24,27)/t19-/m0/s1. The molecule has 1 aliphatic heterocycles. The fraction of sp³-hybridized carbons (Fsp3) is 0.391. The molecule has 3 aromatic rings. The first-order chi connectivity index (χ1) is 14.2. The zero-order valence-corrected chi connectivity index (χ0v) is 17.8. The number of amides is 1. The van der Waals surface area contributed by atoms with Gasteiger partial charge in [0.2, 0.25) is 5.91 Å². The van der Waals surface area contributed by atoms with Crippen LogP contribution in [0, 0.1) is 0 Å². The van der Waals surface area contributed by atoms with Gasteiger partial charge in [-0.25, -0.2) is 4.98 Å². The molecule has 0 saturated carbocycles. The summed E-state index contributed by atoms with van der Waals surface area (Å²) in [7, 11) is 2.02. The summed E-state index contributed by atoms with van der Waals surface area (Å²) in [5.41, 5.74) is 4.49. The van der Waals surface area contributed by atoms with Crippen LogP contribution in [0.1, 0.15) is 35.8 Å². The van der Waals surface area contributed by atoms with E-state index in [1.807, 2.05) is 31.3 Å². The number of thioether (sulfide) groups is 1. The van der Waals surface area contributed by atoms with Crippen LogP contribution >= 0.6 is 11.8 Å². The number of hydrogen-bond acceptors (Lipinski definition) is 4. The molecule has 5 nitrogen and oxygen atoms in total. The number of nitrogens with one attached hydrogen (secondary N) is 1. The van der Waals surface area contributed by atoms with Crippen molar-refractivity contribution in [1.82, 2.24) is 14.9 Å². The molecule has 1 N–H and O–H groups in total. The first kappa shape index (κ1) is 19.8. The second-order valence-electron chi connectivity index (χ2n) is 7.46. The second-order valence-corrected chi connectivity index (χ2v) is 8.45. The minimum absolute atomic E-state index is 0.0694. The highest BCUT2D eigenvalue weighted by Gasteiger charge is 2.21. The van der Waals surface area contributed by atoms with Crippen molar-refractivity contribution in [2.75, 3.05) is 18.6 Å². The van der Waals surface area contributed by atoms with E-state index in [9.17, 15) is 4.79 Å². The smallest absolute Gasteiger partial charge is 0.220 e. The summed E-state index contributed by atoms with van der Waals surface area (Å²) >= 11 is 1.79. The van der Waals surface area contributed by atoms with Gasteiger partial charge in [-0.2, -0.15) is 11.8 Å². The molecule has 0 fully saturated rings. The first-order valence-corrected chi connectivity index (χ1v) is 11.5. The van der Waals surface area contributed by atoms with Crippen LogP contribution in [0.25, 0.3) is 11.0 Å². The van der Waals surface area contributed by atoms with E-state index in [0.717, 1.165) is 54.2 Å². The zero-order chi connectivity index (χ0) is 20.2. The van der Waals surface area contributed by atoms with Crippen molar-refractivity contribution >= 4 is 28.7 Å². The van der Waals surface area contributed by atoms with Gasteiger partial charge in [-0.05, 0) is 54.2 Å². The highest BCUT2D eigenvalue weighted by Crippen LogP contribution is 2.27. The summed E-state index contributed by atoms with van der Waals surface area (Å²) in [6.45, 7) is 0.758. The summed E-state index contributed by atoms with van der Waals surface area (Å²) in [5, 5.41) is 3.23. The van der Waals surface area contributed by atoms with E-state index in [-0.39, 0.29) is 11.9 Å². The summed E-state index contributed by atoms with van der Waals surface area (Å²) in [6.07, 6.45) is 5.11. The van der Waals surface area contributed by atoms with Gasteiger partial charge < -0.3 is 14.6 Å². The monoisotopic (exact) mass is 409 g/mol. The molecular formula is C23H27N3O2S. The summed E-state index contributed by atoms with van der Waals surface area (Å²) in [5.74, 6) is 2.94. The lowest BCUT2D eigenvalue weighted by molar-refractivity contribution is -0.121. The van der Waals surface area contributed by atoms with Gasteiger partial charge in [0, 0.05) is 19.9 Å². The average Bonchev–Trinajstić information content (AvgIpc) is 3.34. The molecule has 0 radical (unpaired) electrons. The summed E-state index contributed by atoms with van der Waals surface area (Å²) in [4.78, 5) is 17.5. The number of carbonyl (C=O) groups is 1. The molecule has 1 atom stereocenters. The van der Waals surface area contributed by atoms with Crippen molar-refractivity contribution in [3.05, 3.63) is 59.4 Å². The molecule has 6 heteroatoms. The van der Waals surface area contributed by atoms with E-state index in [4.69, 9.17) is 9.72 Å². The van der Waals surface area contributed by atoms with Crippen LogP contribution in [0.3, 0.4) is 0 Å². The number of hydrogen-bond donors (Lipinski definition) is 1. The Balaban J connectivity index is 1.44. The lowest BCUT2D eigenvalue weighted by Gasteiger charge is -2.18. The van der Waals surface area contributed by atoms with Crippen LogP contribution in [-0.2, 0) is 24.7 Å². The average molecular weight is 410 g/mol. The van der Waals surface area contributed by atoms with Crippen molar-refractivity contribution in [2.24, 2.45) is 7.05 Å². The number of imidazole rings is 1. The Morgan fingerprint density at radius 3 is 3.00 bits per heavy atom. The molecule has 1 amide bonds. The molecule has 29 heavy (non-hydrogen) atoms. The Morgan fingerprint density at radius 1 is 1.31 bits per heavy atom. The number of rotatable bonds is 8. The molecule has 0 aliphatic carbocycles. The van der Waals surface area contributed by atoms with E-state index in [1.54, 1.807) is 11.8 Å². The van der Waals surface area contributed by atoms with Crippen molar-refractivity contribution in [2.45, 2.75) is 31.7 Å². The van der Waals surface area contributed by atoms with Gasteiger partial charge in [0.1, 0.15) is 11.6 Å². The lowest BCUT2D eigenvalue weighted by atomic mass is 10.0. The Kier molecular flexibility index (Phi) is 6.09. The number of ether oxygens (including phenoxy) is 1. The largest absolute Gasteiger partial charge is 0.493 e. The predicted molar refractivity (Wildman–Crippen MR) is 119 cm³/mol. The Bertz CT molecular complexity index is 1010. The second kappa shape index (κ2) is 8.91. The van der Waals surface area contributed by atoms with Gasteiger partial charge in [0.15, 0.2) is 0 Å². The van der Waals surface area contributed by atoms with Crippen LogP contribution in [0.2, 0.25) is 0 Å². The Labute approximate surface area is 175 Å². The molecule has 1 aromatic heterocycles. The van der Waals surface area contributed by atoms with Gasteiger partial charge >= 0.3 is 0 Å². The van der Waals surface area contributed by atoms with Crippen molar-refractivity contribution in [3.8, 4) is 5.75 Å². The molecule has 1 aliphatic rings. The van der Waals surface area contributed by atoms with Gasteiger partial charge in [0.25, 0.3) is 0 Å². The van der Waals surface area contributed by atoms with Gasteiger partial charge in [0.05, 0.1) is 23.7 Å². The summed E-state index contributed by atoms with van der Waals surface area (Å²) < 4.78 is 7.66. The fourth-order valence-electron chi connectivity index (χ4n) is 3.90. The third kappa shape index (κ3) is 4.42. The third-order valence-corrected chi connectivity index (χ3v) is 6.12. The number of fused-ring (bicyclic) bond motifs is 2. The highest BCUT2D eigenvalue weighted by molar-refractivity contribution is 7.98. The Hall–Kier alpha value is -2.47. The number of carbonyl (C=O) groups excluding carboxylic acids is 1. The molecule has 0 saturated heterocycles. The quantitative estimate of drug-likeness (QED) is 0.610. The Morgan fingerprint density at radius 2 is 2.17 bits per heavy atom. The van der Waals surface area contributed by atoms with Crippen LogP contribution in [0.15, 0.2) is 42.5 Å². The van der Waals surface area contributed by atoms with E-state index in [2.05, 4.69) is 34.3 Å². The molecule has 0 spiro atoms. The van der Waals surface area contributed by atoms with Crippen LogP contribution in [0.4, 0.5) is 0 Å². The number of aryl methyl sites for hydroxylation is 2. The predicted octanol–water partition coefficient (Wildman–Crippen LogP) is 4.05. The van der Waals surface area contributed by atoms with E-state index in [1.165, 1.54) is 11.1 Å². The topological polar surface area (TPSA) is 56.1 Å². The fourth-order valence-corrected chi connectivity index (χ4v) is 4.37.